The van der Waals surface area contributed by atoms with Crippen molar-refractivity contribution < 1.29 is 19.1 Å². The standard InChI is InChI=1S/C11H20O4/c1-9(2)6-8-15-11(13)5-4-7-14-10(3)12/h9H,4-8H2,1-3H3. The number of carbonyl (C=O) groups is 2. The molecule has 4 heteroatoms. The summed E-state index contributed by atoms with van der Waals surface area (Å²) in [7, 11) is 0. The molecule has 0 bridgehead atoms. The zero-order chi connectivity index (χ0) is 11.7. The van der Waals surface area contributed by atoms with E-state index >= 15 is 0 Å². The lowest BCUT2D eigenvalue weighted by molar-refractivity contribution is -0.146. The van der Waals surface area contributed by atoms with Crippen LogP contribution >= 0.6 is 0 Å². The minimum Gasteiger partial charge on any atom is -0.466 e. The molecule has 0 aliphatic carbocycles. The normalized spacial score (nSPS) is 10.1. The summed E-state index contributed by atoms with van der Waals surface area (Å²) >= 11 is 0. The van der Waals surface area contributed by atoms with Crippen LogP contribution in [0.5, 0.6) is 0 Å². The smallest absolute Gasteiger partial charge is 0.305 e. The fourth-order valence-corrected chi connectivity index (χ4v) is 0.913. The molecule has 0 spiro atoms. The van der Waals surface area contributed by atoms with Gasteiger partial charge in [0, 0.05) is 13.3 Å². The lowest BCUT2D eigenvalue weighted by Gasteiger charge is -2.06. The summed E-state index contributed by atoms with van der Waals surface area (Å²) in [5.41, 5.74) is 0. The van der Waals surface area contributed by atoms with E-state index in [1.807, 2.05) is 0 Å². The fraction of sp³-hybridized carbons (Fsp3) is 0.818. The molecule has 0 aliphatic rings. The van der Waals surface area contributed by atoms with Gasteiger partial charge < -0.3 is 9.47 Å². The maximum atomic E-state index is 11.1. The van der Waals surface area contributed by atoms with Gasteiger partial charge in [0.05, 0.1) is 13.2 Å². The highest BCUT2D eigenvalue weighted by atomic mass is 16.5. The summed E-state index contributed by atoms with van der Waals surface area (Å²) < 4.78 is 9.67. The van der Waals surface area contributed by atoms with E-state index in [1.165, 1.54) is 6.92 Å². The van der Waals surface area contributed by atoms with Crippen LogP contribution in [0.1, 0.15) is 40.0 Å². The van der Waals surface area contributed by atoms with Crippen LogP contribution in [-0.2, 0) is 19.1 Å². The third-order valence-corrected chi connectivity index (χ3v) is 1.79. The molecule has 0 aromatic heterocycles. The van der Waals surface area contributed by atoms with E-state index in [0.29, 0.717) is 25.4 Å². The zero-order valence-corrected chi connectivity index (χ0v) is 9.75. The topological polar surface area (TPSA) is 52.6 Å². The van der Waals surface area contributed by atoms with Crippen LogP contribution in [-0.4, -0.2) is 25.2 Å². The van der Waals surface area contributed by atoms with Crippen molar-refractivity contribution in [3.63, 3.8) is 0 Å². The van der Waals surface area contributed by atoms with Crippen LogP contribution in [0.4, 0.5) is 0 Å². The summed E-state index contributed by atoms with van der Waals surface area (Å²) in [6.07, 6.45) is 1.72. The number of carbonyl (C=O) groups excluding carboxylic acids is 2. The molecular weight excluding hydrogens is 196 g/mol. The molecular formula is C11H20O4. The first kappa shape index (κ1) is 13.9. The van der Waals surface area contributed by atoms with Gasteiger partial charge in [-0.2, -0.15) is 0 Å². The Balaban J connectivity index is 3.30. The molecule has 0 saturated carbocycles. The van der Waals surface area contributed by atoms with Crippen molar-refractivity contribution >= 4 is 11.9 Å². The third-order valence-electron chi connectivity index (χ3n) is 1.79. The zero-order valence-electron chi connectivity index (χ0n) is 9.75. The number of esters is 2. The van der Waals surface area contributed by atoms with E-state index in [4.69, 9.17) is 4.74 Å². The molecule has 0 amide bonds. The van der Waals surface area contributed by atoms with Crippen molar-refractivity contribution in [2.45, 2.75) is 40.0 Å². The first-order valence-corrected chi connectivity index (χ1v) is 5.31. The van der Waals surface area contributed by atoms with Gasteiger partial charge in [0.25, 0.3) is 0 Å². The lowest BCUT2D eigenvalue weighted by Crippen LogP contribution is -2.09. The molecule has 0 rings (SSSR count). The summed E-state index contributed by atoms with van der Waals surface area (Å²) in [4.78, 5) is 21.5. The number of hydrogen-bond donors (Lipinski definition) is 0. The quantitative estimate of drug-likeness (QED) is 0.482. The van der Waals surface area contributed by atoms with Gasteiger partial charge in [-0.15, -0.1) is 0 Å². The Morgan fingerprint density at radius 2 is 1.80 bits per heavy atom. The summed E-state index contributed by atoms with van der Waals surface area (Å²) in [5.74, 6) is 0.00447. The second-order valence-corrected chi connectivity index (χ2v) is 3.85. The molecule has 0 unspecified atom stereocenters. The van der Waals surface area contributed by atoms with Gasteiger partial charge in [0.15, 0.2) is 0 Å². The lowest BCUT2D eigenvalue weighted by atomic mass is 10.1. The van der Waals surface area contributed by atoms with Crippen LogP contribution in [0, 0.1) is 5.92 Å². The van der Waals surface area contributed by atoms with E-state index in [-0.39, 0.29) is 18.5 Å². The van der Waals surface area contributed by atoms with Gasteiger partial charge in [0.1, 0.15) is 0 Å². The Morgan fingerprint density at radius 3 is 2.33 bits per heavy atom. The largest absolute Gasteiger partial charge is 0.466 e. The fourth-order valence-electron chi connectivity index (χ4n) is 0.913. The summed E-state index contributed by atoms with van der Waals surface area (Å²) in [5, 5.41) is 0. The second-order valence-electron chi connectivity index (χ2n) is 3.85. The minimum absolute atomic E-state index is 0.220. The molecule has 88 valence electrons. The van der Waals surface area contributed by atoms with Crippen molar-refractivity contribution in [1.82, 2.24) is 0 Å². The van der Waals surface area contributed by atoms with Gasteiger partial charge in [-0.3, -0.25) is 9.59 Å². The molecule has 0 aliphatic heterocycles. The van der Waals surface area contributed by atoms with Crippen molar-refractivity contribution in [1.29, 1.82) is 0 Å². The van der Waals surface area contributed by atoms with E-state index < -0.39 is 0 Å². The molecule has 0 fully saturated rings. The predicted molar refractivity (Wildman–Crippen MR) is 56.3 cm³/mol. The van der Waals surface area contributed by atoms with Crippen LogP contribution in [0.15, 0.2) is 0 Å². The number of rotatable bonds is 7. The van der Waals surface area contributed by atoms with Crippen LogP contribution in [0.25, 0.3) is 0 Å². The first-order chi connectivity index (χ1) is 7.02. The maximum Gasteiger partial charge on any atom is 0.305 e. The summed E-state index contributed by atoms with van der Waals surface area (Å²) in [6, 6.07) is 0. The highest BCUT2D eigenvalue weighted by molar-refractivity contribution is 5.69. The molecule has 0 N–H and O–H groups in total. The Bertz CT molecular complexity index is 199. The third kappa shape index (κ3) is 10.9. The SMILES string of the molecule is CC(=O)OCCCC(=O)OCCC(C)C. The highest BCUT2D eigenvalue weighted by Crippen LogP contribution is 2.01. The van der Waals surface area contributed by atoms with Crippen LogP contribution in [0.2, 0.25) is 0 Å². The average molecular weight is 216 g/mol. The van der Waals surface area contributed by atoms with Crippen molar-refractivity contribution in [3.8, 4) is 0 Å². The Morgan fingerprint density at radius 1 is 1.13 bits per heavy atom. The number of hydrogen-bond acceptors (Lipinski definition) is 4. The van der Waals surface area contributed by atoms with Gasteiger partial charge in [-0.25, -0.2) is 0 Å². The first-order valence-electron chi connectivity index (χ1n) is 5.31. The maximum absolute atomic E-state index is 11.1. The molecule has 15 heavy (non-hydrogen) atoms. The number of ether oxygens (including phenoxy) is 2. The van der Waals surface area contributed by atoms with Crippen LogP contribution in [0.3, 0.4) is 0 Å². The average Bonchev–Trinajstić information content (AvgIpc) is 2.11. The van der Waals surface area contributed by atoms with Gasteiger partial charge in [-0.05, 0) is 18.8 Å². The molecule has 0 radical (unpaired) electrons. The van der Waals surface area contributed by atoms with Gasteiger partial charge >= 0.3 is 11.9 Å². The van der Waals surface area contributed by atoms with Crippen molar-refractivity contribution in [2.75, 3.05) is 13.2 Å². The Labute approximate surface area is 90.9 Å². The summed E-state index contributed by atoms with van der Waals surface area (Å²) in [6.45, 7) is 6.27. The van der Waals surface area contributed by atoms with E-state index in [9.17, 15) is 9.59 Å². The molecule has 0 aromatic rings. The molecule has 0 atom stereocenters. The van der Waals surface area contributed by atoms with E-state index in [2.05, 4.69) is 18.6 Å². The molecule has 4 nitrogen and oxygen atoms in total. The van der Waals surface area contributed by atoms with Gasteiger partial charge in [-0.1, -0.05) is 13.8 Å². The van der Waals surface area contributed by atoms with Crippen LogP contribution < -0.4 is 0 Å². The van der Waals surface area contributed by atoms with Gasteiger partial charge in [0.2, 0.25) is 0 Å². The molecule has 0 heterocycles. The predicted octanol–water partition coefficient (Wildman–Crippen LogP) is 1.92. The monoisotopic (exact) mass is 216 g/mol. The highest BCUT2D eigenvalue weighted by Gasteiger charge is 2.03. The Kier molecular flexibility index (Phi) is 7.68. The van der Waals surface area contributed by atoms with Crippen molar-refractivity contribution in [2.24, 2.45) is 5.92 Å². The minimum atomic E-state index is -0.317. The molecule has 0 aromatic carbocycles. The molecule has 0 saturated heterocycles. The van der Waals surface area contributed by atoms with E-state index in [1.54, 1.807) is 0 Å². The van der Waals surface area contributed by atoms with Crippen molar-refractivity contribution in [3.05, 3.63) is 0 Å². The second kappa shape index (κ2) is 8.26. The van der Waals surface area contributed by atoms with E-state index in [0.717, 1.165) is 6.42 Å². The Hall–Kier alpha value is -1.06.